The zero-order valence-electron chi connectivity index (χ0n) is 21.7. The molecule has 3 aliphatic rings. The minimum atomic E-state index is -0.777. The summed E-state index contributed by atoms with van der Waals surface area (Å²) in [5, 5.41) is 3.02. The lowest BCUT2D eigenvalue weighted by molar-refractivity contribution is -0.138. The second-order valence-corrected chi connectivity index (χ2v) is 11.1. The Kier molecular flexibility index (Phi) is 7.47. The van der Waals surface area contributed by atoms with Crippen LogP contribution in [0.1, 0.15) is 60.4 Å². The fourth-order valence-corrected chi connectivity index (χ4v) is 5.99. The quantitative estimate of drug-likeness (QED) is 0.577. The van der Waals surface area contributed by atoms with Gasteiger partial charge in [-0.3, -0.25) is 19.2 Å². The molecule has 10 heteroatoms. The third-order valence-electron chi connectivity index (χ3n) is 7.66. The summed E-state index contributed by atoms with van der Waals surface area (Å²) in [6.07, 6.45) is 3.26. The van der Waals surface area contributed by atoms with Crippen molar-refractivity contribution in [1.82, 2.24) is 15.1 Å². The van der Waals surface area contributed by atoms with Crippen LogP contribution in [0.3, 0.4) is 0 Å². The molecule has 1 aromatic heterocycles. The summed E-state index contributed by atoms with van der Waals surface area (Å²) in [6.45, 7) is 6.24. The van der Waals surface area contributed by atoms with Crippen molar-refractivity contribution in [2.75, 3.05) is 31.1 Å². The molecule has 3 unspecified atom stereocenters. The van der Waals surface area contributed by atoms with Gasteiger partial charge < -0.3 is 24.4 Å². The fraction of sp³-hybridized carbons (Fsp3) is 0.500. The van der Waals surface area contributed by atoms with Gasteiger partial charge in [0.05, 0.1) is 12.6 Å². The molecule has 4 heterocycles. The Morgan fingerprint density at radius 1 is 1.03 bits per heavy atom. The number of nitrogens with zero attached hydrogens (tertiary/aromatic N) is 3. The summed E-state index contributed by atoms with van der Waals surface area (Å²) < 4.78 is 5.25. The molecular weight excluding hydrogens is 508 g/mol. The lowest BCUT2D eigenvalue weighted by atomic mass is 10.0. The van der Waals surface area contributed by atoms with Crippen molar-refractivity contribution >= 4 is 40.8 Å². The lowest BCUT2D eigenvalue weighted by Crippen LogP contribution is -2.53. The van der Waals surface area contributed by atoms with E-state index in [-0.39, 0.29) is 41.0 Å². The van der Waals surface area contributed by atoms with Gasteiger partial charge in [0.25, 0.3) is 11.8 Å². The highest BCUT2D eigenvalue weighted by Gasteiger charge is 2.52. The molecule has 3 saturated heterocycles. The average molecular weight is 541 g/mol. The van der Waals surface area contributed by atoms with Crippen LogP contribution < -0.4 is 10.2 Å². The smallest absolute Gasteiger partial charge is 0.290 e. The Morgan fingerprint density at radius 3 is 2.37 bits per heavy atom. The van der Waals surface area contributed by atoms with E-state index in [9.17, 15) is 19.2 Å². The molecule has 38 heavy (non-hydrogen) atoms. The van der Waals surface area contributed by atoms with Gasteiger partial charge in [0, 0.05) is 30.9 Å². The third kappa shape index (κ3) is 5.16. The first kappa shape index (κ1) is 26.3. The highest BCUT2D eigenvalue weighted by atomic mass is 35.5. The molecule has 0 saturated carbocycles. The second kappa shape index (κ2) is 10.8. The number of carbonyl (C=O) groups excluding carboxylic acids is 4. The number of hydrogen-bond donors (Lipinski definition) is 1. The van der Waals surface area contributed by atoms with Crippen LogP contribution in [-0.4, -0.2) is 77.6 Å². The highest BCUT2D eigenvalue weighted by Crippen LogP contribution is 2.32. The zero-order chi connectivity index (χ0) is 27.0. The van der Waals surface area contributed by atoms with E-state index < -0.39 is 24.0 Å². The van der Waals surface area contributed by atoms with E-state index in [0.717, 1.165) is 18.8 Å². The maximum Gasteiger partial charge on any atom is 0.290 e. The van der Waals surface area contributed by atoms with E-state index in [0.29, 0.717) is 24.9 Å². The van der Waals surface area contributed by atoms with E-state index in [1.165, 1.54) is 29.9 Å². The number of amides is 3. The van der Waals surface area contributed by atoms with Gasteiger partial charge in [0.15, 0.2) is 16.8 Å². The molecule has 3 atom stereocenters. The molecule has 3 fully saturated rings. The molecule has 3 aliphatic heterocycles. The van der Waals surface area contributed by atoms with Crippen LogP contribution in [0.15, 0.2) is 40.8 Å². The number of nitrogens with one attached hydrogen (secondary N) is 1. The number of furan rings is 1. The van der Waals surface area contributed by atoms with Crippen molar-refractivity contribution < 1.29 is 23.6 Å². The molecular formula is C28H33ClN4O5. The Morgan fingerprint density at radius 2 is 1.74 bits per heavy atom. The van der Waals surface area contributed by atoms with E-state index in [1.807, 2.05) is 26.0 Å². The molecule has 0 radical (unpaired) electrons. The molecule has 9 nitrogen and oxygen atoms in total. The fourth-order valence-electron chi connectivity index (χ4n) is 5.84. The van der Waals surface area contributed by atoms with E-state index in [4.69, 9.17) is 16.0 Å². The van der Waals surface area contributed by atoms with Crippen LogP contribution in [0.5, 0.6) is 0 Å². The van der Waals surface area contributed by atoms with Crippen molar-refractivity contribution in [3.05, 3.63) is 52.9 Å². The maximum atomic E-state index is 13.7. The molecule has 202 valence electrons. The van der Waals surface area contributed by atoms with Gasteiger partial charge in [-0.1, -0.05) is 13.8 Å². The number of Topliss-reactive ketones (excluding diaryl/α,β-unsaturated/α-hetero) is 1. The third-order valence-corrected chi connectivity index (χ3v) is 7.86. The Bertz CT molecular complexity index is 1220. The number of carbonyl (C=O) groups is 4. The molecule has 3 amide bonds. The van der Waals surface area contributed by atoms with Gasteiger partial charge in [-0.25, -0.2) is 0 Å². The number of halogens is 1. The van der Waals surface area contributed by atoms with Gasteiger partial charge in [0.1, 0.15) is 12.1 Å². The lowest BCUT2D eigenvalue weighted by Gasteiger charge is -2.29. The minimum Gasteiger partial charge on any atom is -0.440 e. The second-order valence-electron chi connectivity index (χ2n) is 10.7. The van der Waals surface area contributed by atoms with Crippen LogP contribution in [0, 0.1) is 5.92 Å². The van der Waals surface area contributed by atoms with Gasteiger partial charge in [-0.15, -0.1) is 0 Å². The monoisotopic (exact) mass is 540 g/mol. The normalized spacial score (nSPS) is 21.8. The van der Waals surface area contributed by atoms with Crippen LogP contribution in [0.25, 0.3) is 0 Å². The zero-order valence-corrected chi connectivity index (χ0v) is 22.4. The summed E-state index contributed by atoms with van der Waals surface area (Å²) in [6, 6.07) is 8.48. The SMILES string of the molecule is CC(C)CC(NC(=O)c1ccc(N2CCCC2)cc1)C(=O)N1CCC2C1C(=O)CN2C(=O)c1ccc(Cl)o1. The van der Waals surface area contributed by atoms with Crippen molar-refractivity contribution in [2.45, 2.75) is 57.7 Å². The molecule has 0 bridgehead atoms. The van der Waals surface area contributed by atoms with Crippen LogP contribution in [0.2, 0.25) is 5.22 Å². The van der Waals surface area contributed by atoms with Crippen LogP contribution in [-0.2, 0) is 9.59 Å². The number of benzene rings is 1. The molecule has 0 spiro atoms. The Labute approximate surface area is 227 Å². The van der Waals surface area contributed by atoms with Crippen molar-refractivity contribution in [3.8, 4) is 0 Å². The first-order chi connectivity index (χ1) is 18.2. The summed E-state index contributed by atoms with van der Waals surface area (Å²) in [4.78, 5) is 58.2. The standard InChI is InChI=1S/C28H33ClN4O5/c1-17(2)15-20(30-26(35)18-5-7-19(8-6-18)31-12-3-4-13-31)27(36)32-14-11-21-25(32)22(34)16-33(21)28(37)23-9-10-24(29)38-23/h5-10,17,20-21,25H,3-4,11-16H2,1-2H3,(H,30,35). The molecule has 2 aromatic rings. The highest BCUT2D eigenvalue weighted by molar-refractivity contribution is 6.29. The Balaban J connectivity index is 1.28. The van der Waals surface area contributed by atoms with Gasteiger partial charge in [-0.2, -0.15) is 0 Å². The van der Waals surface area contributed by atoms with Gasteiger partial charge in [-0.05, 0) is 79.6 Å². The summed E-state index contributed by atoms with van der Waals surface area (Å²) in [7, 11) is 0. The predicted molar refractivity (Wildman–Crippen MR) is 142 cm³/mol. The first-order valence-corrected chi connectivity index (χ1v) is 13.7. The average Bonchev–Trinajstić information content (AvgIpc) is 3.69. The Hall–Kier alpha value is -3.33. The summed E-state index contributed by atoms with van der Waals surface area (Å²) in [5.74, 6) is -1.03. The number of hydrogen-bond acceptors (Lipinski definition) is 6. The summed E-state index contributed by atoms with van der Waals surface area (Å²) >= 11 is 5.82. The number of likely N-dealkylation sites (tertiary alicyclic amines) is 2. The summed E-state index contributed by atoms with van der Waals surface area (Å²) in [5.41, 5.74) is 1.58. The molecule has 0 aliphatic carbocycles. The maximum absolute atomic E-state index is 13.7. The topological polar surface area (TPSA) is 103 Å². The van der Waals surface area contributed by atoms with Gasteiger partial charge >= 0.3 is 0 Å². The molecule has 1 N–H and O–H groups in total. The number of ketones is 1. The van der Waals surface area contributed by atoms with Crippen molar-refractivity contribution in [2.24, 2.45) is 5.92 Å². The van der Waals surface area contributed by atoms with Crippen molar-refractivity contribution in [3.63, 3.8) is 0 Å². The molecule has 1 aromatic carbocycles. The predicted octanol–water partition coefficient (Wildman–Crippen LogP) is 3.37. The van der Waals surface area contributed by atoms with E-state index in [1.54, 1.807) is 17.0 Å². The number of rotatable bonds is 7. The largest absolute Gasteiger partial charge is 0.440 e. The van der Waals surface area contributed by atoms with Gasteiger partial charge in [0.2, 0.25) is 5.91 Å². The van der Waals surface area contributed by atoms with Crippen molar-refractivity contribution in [1.29, 1.82) is 0 Å². The van der Waals surface area contributed by atoms with E-state index >= 15 is 0 Å². The van der Waals surface area contributed by atoms with E-state index in [2.05, 4.69) is 10.2 Å². The molecule has 5 rings (SSSR count). The van der Waals surface area contributed by atoms with Crippen LogP contribution in [0.4, 0.5) is 5.69 Å². The first-order valence-electron chi connectivity index (χ1n) is 13.3. The minimum absolute atomic E-state index is 0.0638. The number of anilines is 1. The number of fused-ring (bicyclic) bond motifs is 1. The van der Waals surface area contributed by atoms with Crippen LogP contribution >= 0.6 is 11.6 Å².